The van der Waals surface area contributed by atoms with Gasteiger partial charge in [0.2, 0.25) is 0 Å². The number of hydrogen-bond acceptors (Lipinski definition) is 1. The van der Waals surface area contributed by atoms with Crippen molar-refractivity contribution in [2.75, 3.05) is 0 Å². The molecular weight excluding hydrogens is 164 g/mol. The molecule has 0 aliphatic heterocycles. The van der Waals surface area contributed by atoms with Crippen LogP contribution in [0.3, 0.4) is 0 Å². The molecule has 1 N–H and O–H groups in total. The summed E-state index contributed by atoms with van der Waals surface area (Å²) in [5, 5.41) is 1.75. The first kappa shape index (κ1) is 9.58. The summed E-state index contributed by atoms with van der Waals surface area (Å²) >= 11 is 0. The second-order valence-electron chi connectivity index (χ2n) is 2.80. The van der Waals surface area contributed by atoms with E-state index in [4.69, 9.17) is 0 Å². The lowest BCUT2D eigenvalue weighted by Gasteiger charge is -1.86. The van der Waals surface area contributed by atoms with Gasteiger partial charge in [-0.1, -0.05) is 25.7 Å². The van der Waals surface area contributed by atoms with Crippen molar-refractivity contribution in [1.82, 2.24) is 9.55 Å². The minimum Gasteiger partial charge on any atom is -0.306 e. The maximum absolute atomic E-state index is 11.2. The molecule has 70 valence electrons. The standard InChI is InChI=1S/C10H14N2O/c1-4-6-8-9(7-5-2)12(3)10(13)11-8/h4,6-7H,1,5H2,2-3H3,(H,11,13)/b8-6+,9-7+. The monoisotopic (exact) mass is 178 g/mol. The summed E-state index contributed by atoms with van der Waals surface area (Å²) in [7, 11) is 1.75. The fourth-order valence-corrected chi connectivity index (χ4v) is 1.24. The van der Waals surface area contributed by atoms with Gasteiger partial charge in [0.05, 0.1) is 10.7 Å². The van der Waals surface area contributed by atoms with E-state index < -0.39 is 0 Å². The Morgan fingerprint density at radius 2 is 2.31 bits per heavy atom. The van der Waals surface area contributed by atoms with Gasteiger partial charge in [-0.3, -0.25) is 4.57 Å². The maximum Gasteiger partial charge on any atom is 0.326 e. The fourth-order valence-electron chi connectivity index (χ4n) is 1.24. The normalized spacial score (nSPS) is 13.7. The molecule has 0 fully saturated rings. The van der Waals surface area contributed by atoms with Crippen molar-refractivity contribution in [1.29, 1.82) is 0 Å². The number of allylic oxidation sites excluding steroid dienone is 1. The summed E-state index contributed by atoms with van der Waals surface area (Å²) in [4.78, 5) is 14.0. The number of aromatic amines is 1. The highest BCUT2D eigenvalue weighted by Crippen LogP contribution is 1.72. The van der Waals surface area contributed by atoms with E-state index >= 15 is 0 Å². The molecule has 13 heavy (non-hydrogen) atoms. The number of hydrogen-bond donors (Lipinski definition) is 1. The number of nitrogens with one attached hydrogen (secondary N) is 1. The highest BCUT2D eigenvalue weighted by Gasteiger charge is 1.94. The van der Waals surface area contributed by atoms with Crippen LogP contribution in [0.15, 0.2) is 17.4 Å². The molecule has 3 nitrogen and oxygen atoms in total. The molecule has 0 saturated heterocycles. The van der Waals surface area contributed by atoms with E-state index in [2.05, 4.69) is 11.6 Å². The third-order valence-corrected chi connectivity index (χ3v) is 1.87. The Morgan fingerprint density at radius 1 is 1.62 bits per heavy atom. The van der Waals surface area contributed by atoms with Crippen molar-refractivity contribution in [2.24, 2.45) is 7.05 Å². The summed E-state index contributed by atoms with van der Waals surface area (Å²) in [5.74, 6) is 0. The Labute approximate surface area is 76.7 Å². The molecule has 0 aromatic carbocycles. The SMILES string of the molecule is C=C/C=c1/[nH]c(=O)n(C)/c1=C/CC. The predicted molar refractivity (Wildman–Crippen MR) is 54.7 cm³/mol. The minimum absolute atomic E-state index is 0.0900. The summed E-state index contributed by atoms with van der Waals surface area (Å²) in [5.41, 5.74) is -0.0900. The van der Waals surface area contributed by atoms with E-state index in [0.717, 1.165) is 17.1 Å². The van der Waals surface area contributed by atoms with Crippen LogP contribution >= 0.6 is 0 Å². The summed E-state index contributed by atoms with van der Waals surface area (Å²) in [6.07, 6.45) is 6.37. The summed E-state index contributed by atoms with van der Waals surface area (Å²) in [6.45, 7) is 5.63. The lowest BCUT2D eigenvalue weighted by molar-refractivity contribution is 0.833. The van der Waals surface area contributed by atoms with Crippen LogP contribution in [0, 0.1) is 0 Å². The lowest BCUT2D eigenvalue weighted by atomic mass is 10.4. The van der Waals surface area contributed by atoms with E-state index in [-0.39, 0.29) is 5.69 Å². The van der Waals surface area contributed by atoms with Crippen LogP contribution in [0.4, 0.5) is 0 Å². The molecule has 3 heteroatoms. The first-order chi connectivity index (χ1) is 6.20. The zero-order valence-corrected chi connectivity index (χ0v) is 8.00. The van der Waals surface area contributed by atoms with Crippen LogP contribution in [-0.4, -0.2) is 9.55 Å². The van der Waals surface area contributed by atoms with Crippen molar-refractivity contribution in [3.8, 4) is 0 Å². The molecule has 0 unspecified atom stereocenters. The average Bonchev–Trinajstić information content (AvgIpc) is 2.34. The van der Waals surface area contributed by atoms with Crippen LogP contribution in [0.25, 0.3) is 12.2 Å². The third kappa shape index (κ3) is 1.80. The van der Waals surface area contributed by atoms with Gasteiger partial charge in [-0.05, 0) is 12.5 Å². The Hall–Kier alpha value is -1.51. The van der Waals surface area contributed by atoms with Crippen molar-refractivity contribution in [2.45, 2.75) is 13.3 Å². The molecule has 1 aromatic rings. The zero-order valence-electron chi connectivity index (χ0n) is 8.00. The molecule has 1 rings (SSSR count). The molecule has 0 amide bonds. The van der Waals surface area contributed by atoms with E-state index in [0.29, 0.717) is 0 Å². The highest BCUT2D eigenvalue weighted by atomic mass is 16.1. The molecule has 0 aliphatic carbocycles. The van der Waals surface area contributed by atoms with E-state index in [1.807, 2.05) is 13.0 Å². The van der Waals surface area contributed by atoms with Gasteiger partial charge in [0, 0.05) is 7.05 Å². The van der Waals surface area contributed by atoms with Crippen LogP contribution in [0.2, 0.25) is 0 Å². The molecular formula is C10H14N2O. The first-order valence-electron chi connectivity index (χ1n) is 4.28. The van der Waals surface area contributed by atoms with Crippen molar-refractivity contribution < 1.29 is 0 Å². The van der Waals surface area contributed by atoms with E-state index in [9.17, 15) is 4.79 Å². The number of nitrogens with zero attached hydrogens (tertiary/aromatic N) is 1. The molecule has 0 radical (unpaired) electrons. The molecule has 0 aliphatic rings. The van der Waals surface area contributed by atoms with Gasteiger partial charge in [0.25, 0.3) is 0 Å². The van der Waals surface area contributed by atoms with E-state index in [1.54, 1.807) is 23.8 Å². The Balaban J connectivity index is 3.64. The van der Waals surface area contributed by atoms with Gasteiger partial charge in [-0.25, -0.2) is 4.79 Å². The lowest BCUT2D eigenvalue weighted by Crippen LogP contribution is -2.29. The molecule has 1 heterocycles. The highest BCUT2D eigenvalue weighted by molar-refractivity contribution is 5.34. The second kappa shape index (κ2) is 3.94. The summed E-state index contributed by atoms with van der Waals surface area (Å²) < 4.78 is 1.60. The largest absolute Gasteiger partial charge is 0.326 e. The number of rotatable bonds is 2. The van der Waals surface area contributed by atoms with Gasteiger partial charge in [0.1, 0.15) is 0 Å². The minimum atomic E-state index is -0.0900. The smallest absolute Gasteiger partial charge is 0.306 e. The van der Waals surface area contributed by atoms with Gasteiger partial charge in [0.15, 0.2) is 0 Å². The predicted octanol–water partition coefficient (Wildman–Crippen LogP) is -0.130. The first-order valence-corrected chi connectivity index (χ1v) is 4.28. The average molecular weight is 178 g/mol. The molecule has 1 aromatic heterocycles. The fraction of sp³-hybridized carbons (Fsp3) is 0.300. The topological polar surface area (TPSA) is 37.8 Å². The van der Waals surface area contributed by atoms with Crippen LogP contribution < -0.4 is 16.4 Å². The van der Waals surface area contributed by atoms with Crippen LogP contribution in [-0.2, 0) is 7.05 Å². The van der Waals surface area contributed by atoms with Crippen molar-refractivity contribution in [3.05, 3.63) is 33.8 Å². The van der Waals surface area contributed by atoms with Crippen molar-refractivity contribution >= 4 is 12.2 Å². The van der Waals surface area contributed by atoms with Gasteiger partial charge in [-0.2, -0.15) is 0 Å². The molecule has 0 saturated carbocycles. The zero-order chi connectivity index (χ0) is 9.84. The third-order valence-electron chi connectivity index (χ3n) is 1.87. The van der Waals surface area contributed by atoms with Crippen molar-refractivity contribution in [3.63, 3.8) is 0 Å². The Bertz CT molecular complexity index is 462. The van der Waals surface area contributed by atoms with E-state index in [1.165, 1.54) is 0 Å². The molecule has 0 spiro atoms. The second-order valence-corrected chi connectivity index (χ2v) is 2.80. The quantitative estimate of drug-likeness (QED) is 0.673. The molecule has 0 atom stereocenters. The summed E-state index contributed by atoms with van der Waals surface area (Å²) in [6, 6.07) is 0. The number of imidazole rings is 1. The number of aromatic nitrogens is 2. The Kier molecular flexibility index (Phi) is 2.90. The van der Waals surface area contributed by atoms with Crippen LogP contribution in [0.1, 0.15) is 13.3 Å². The van der Waals surface area contributed by atoms with Gasteiger partial charge < -0.3 is 4.98 Å². The van der Waals surface area contributed by atoms with Gasteiger partial charge in [-0.15, -0.1) is 0 Å². The Morgan fingerprint density at radius 3 is 2.85 bits per heavy atom. The van der Waals surface area contributed by atoms with Crippen LogP contribution in [0.5, 0.6) is 0 Å². The van der Waals surface area contributed by atoms with Gasteiger partial charge >= 0.3 is 5.69 Å². The molecule has 0 bridgehead atoms. The maximum atomic E-state index is 11.2. The number of H-pyrrole nitrogens is 1.